The quantitative estimate of drug-likeness (QED) is 0.0667. The predicted octanol–water partition coefficient (Wildman–Crippen LogP) is -4.91. The van der Waals surface area contributed by atoms with Gasteiger partial charge in [0, 0.05) is 19.4 Å². The smallest absolute Gasteiger partial charge is 0.245 e. The van der Waals surface area contributed by atoms with Crippen LogP contribution in [-0.2, 0) is 33.5 Å². The number of ether oxygens (including phenoxy) is 1. The van der Waals surface area contributed by atoms with Gasteiger partial charge in [-0.2, -0.15) is 0 Å². The van der Waals surface area contributed by atoms with E-state index >= 15 is 0 Å². The average molecular weight is 614 g/mol. The van der Waals surface area contributed by atoms with Crippen molar-refractivity contribution in [2.75, 3.05) is 46.1 Å². The van der Waals surface area contributed by atoms with Crippen molar-refractivity contribution in [3.05, 3.63) is 0 Å². The van der Waals surface area contributed by atoms with E-state index in [2.05, 4.69) is 36.9 Å². The standard InChI is InChI=1S/C25H47N11O7/c26-9-3-1-5-16-23(41)33-15-43-12-8-18(36-25(28)29)22(40)32-14-21(39)31-13-20(38)30-11-7-19(37)34-17(24(42)35-16)6-2-4-10-27/h16-18H,1-15,26-27H2,(H,30,38)(H,31,39)(H,32,40)(H,33,41)(H,34,37)(H,35,42)(H4,28,29,36)/t16-,17-,18+/m0/s1. The first-order valence-corrected chi connectivity index (χ1v) is 14.3. The third-order valence-corrected chi connectivity index (χ3v) is 6.21. The first-order valence-electron chi connectivity index (χ1n) is 14.3. The number of carbonyl (C=O) groups excluding carboxylic acids is 6. The summed E-state index contributed by atoms with van der Waals surface area (Å²) in [4.78, 5) is 79.3. The van der Waals surface area contributed by atoms with Gasteiger partial charge in [-0.25, -0.2) is 4.99 Å². The van der Waals surface area contributed by atoms with Crippen LogP contribution in [0.1, 0.15) is 51.4 Å². The van der Waals surface area contributed by atoms with Crippen LogP contribution in [0.5, 0.6) is 0 Å². The Kier molecular flexibility index (Phi) is 18.6. The molecular formula is C25H47N11O7. The van der Waals surface area contributed by atoms with Crippen molar-refractivity contribution >= 4 is 41.4 Å². The van der Waals surface area contributed by atoms with Crippen LogP contribution in [0, 0.1) is 0 Å². The third-order valence-electron chi connectivity index (χ3n) is 6.21. The van der Waals surface area contributed by atoms with E-state index in [4.69, 9.17) is 27.7 Å². The lowest BCUT2D eigenvalue weighted by molar-refractivity contribution is -0.133. The molecule has 1 heterocycles. The number of rotatable bonds is 9. The zero-order chi connectivity index (χ0) is 32.0. The molecule has 0 aromatic rings. The lowest BCUT2D eigenvalue weighted by Crippen LogP contribution is -2.54. The molecule has 18 nitrogen and oxygen atoms in total. The number of hydrogen-bond donors (Lipinski definition) is 10. The maximum atomic E-state index is 13.2. The molecule has 244 valence electrons. The molecule has 0 aromatic carbocycles. The minimum absolute atomic E-state index is 0.0183. The van der Waals surface area contributed by atoms with Gasteiger partial charge in [-0.15, -0.1) is 0 Å². The zero-order valence-corrected chi connectivity index (χ0v) is 24.5. The second-order valence-electron chi connectivity index (χ2n) is 9.80. The highest BCUT2D eigenvalue weighted by Gasteiger charge is 2.26. The summed E-state index contributed by atoms with van der Waals surface area (Å²) in [5.41, 5.74) is 22.0. The molecule has 43 heavy (non-hydrogen) atoms. The van der Waals surface area contributed by atoms with Crippen LogP contribution in [0.3, 0.4) is 0 Å². The molecule has 0 aromatic heterocycles. The Morgan fingerprint density at radius 1 is 0.721 bits per heavy atom. The topological polar surface area (TPSA) is 300 Å². The van der Waals surface area contributed by atoms with Gasteiger partial charge >= 0.3 is 0 Å². The van der Waals surface area contributed by atoms with Crippen LogP contribution >= 0.6 is 0 Å². The van der Waals surface area contributed by atoms with Gasteiger partial charge < -0.3 is 59.6 Å². The molecule has 3 atom stereocenters. The number of unbranched alkanes of at least 4 members (excludes halogenated alkanes) is 2. The van der Waals surface area contributed by atoms with E-state index < -0.39 is 66.7 Å². The second-order valence-corrected chi connectivity index (χ2v) is 9.80. The first kappa shape index (κ1) is 37.0. The Morgan fingerprint density at radius 3 is 1.95 bits per heavy atom. The van der Waals surface area contributed by atoms with Gasteiger partial charge in [0.15, 0.2) is 5.96 Å². The Bertz CT molecular complexity index is 960. The molecule has 0 spiro atoms. The second kappa shape index (κ2) is 21.6. The summed E-state index contributed by atoms with van der Waals surface area (Å²) in [6, 6.07) is -2.94. The summed E-state index contributed by atoms with van der Waals surface area (Å²) in [6.45, 7) is -0.351. The summed E-state index contributed by atoms with van der Waals surface area (Å²) in [6.07, 6.45) is 2.84. The van der Waals surface area contributed by atoms with Crippen LogP contribution in [0.4, 0.5) is 0 Å². The number of nitrogens with zero attached hydrogens (tertiary/aromatic N) is 1. The Balaban J connectivity index is 3.06. The fraction of sp³-hybridized carbons (Fsp3) is 0.720. The number of hydrogen-bond acceptors (Lipinski definition) is 10. The van der Waals surface area contributed by atoms with Gasteiger partial charge in [-0.05, 0) is 51.6 Å². The van der Waals surface area contributed by atoms with Gasteiger partial charge in [0.05, 0.1) is 19.7 Å². The van der Waals surface area contributed by atoms with Crippen molar-refractivity contribution in [1.82, 2.24) is 31.9 Å². The molecule has 0 radical (unpaired) electrons. The highest BCUT2D eigenvalue weighted by molar-refractivity contribution is 5.93. The molecule has 1 saturated heterocycles. The molecule has 6 amide bonds. The fourth-order valence-electron chi connectivity index (χ4n) is 3.91. The largest absolute Gasteiger partial charge is 0.370 e. The maximum Gasteiger partial charge on any atom is 0.245 e. The molecule has 0 unspecified atom stereocenters. The fourth-order valence-corrected chi connectivity index (χ4v) is 3.91. The van der Waals surface area contributed by atoms with E-state index in [-0.39, 0.29) is 45.1 Å². The van der Waals surface area contributed by atoms with Crippen molar-refractivity contribution in [3.8, 4) is 0 Å². The summed E-state index contributed by atoms with van der Waals surface area (Å²) >= 11 is 0. The van der Waals surface area contributed by atoms with E-state index in [9.17, 15) is 28.8 Å². The molecule has 1 aliphatic heterocycles. The summed E-state index contributed by atoms with van der Waals surface area (Å²) in [5.74, 6) is -3.77. The van der Waals surface area contributed by atoms with Gasteiger partial charge in [-0.1, -0.05) is 0 Å². The first-order chi connectivity index (χ1) is 20.6. The van der Waals surface area contributed by atoms with Crippen molar-refractivity contribution in [1.29, 1.82) is 0 Å². The molecular weight excluding hydrogens is 566 g/mol. The van der Waals surface area contributed by atoms with Crippen molar-refractivity contribution in [2.24, 2.45) is 27.9 Å². The van der Waals surface area contributed by atoms with Crippen LogP contribution in [-0.4, -0.2) is 106 Å². The minimum atomic E-state index is -1.08. The SMILES string of the molecule is NCCCC[C@@H]1NC(=O)CCNC(=O)CNC(=O)CNC(=O)[C@H](N=C(N)N)CCOCNC(=O)[C@H](CCCCN)NC1=O. The van der Waals surface area contributed by atoms with Gasteiger partial charge in [0.2, 0.25) is 35.4 Å². The molecule has 0 saturated carbocycles. The normalized spacial score (nSPS) is 22.6. The molecule has 1 rings (SSSR count). The van der Waals surface area contributed by atoms with Gasteiger partial charge in [0.1, 0.15) is 24.9 Å². The Hall–Kier alpha value is -4.03. The molecule has 0 bridgehead atoms. The zero-order valence-electron chi connectivity index (χ0n) is 24.5. The number of aliphatic imine (C=N–C) groups is 1. The molecule has 18 heteroatoms. The Morgan fingerprint density at radius 2 is 1.33 bits per heavy atom. The van der Waals surface area contributed by atoms with Crippen LogP contribution in [0.15, 0.2) is 4.99 Å². The monoisotopic (exact) mass is 613 g/mol. The lowest BCUT2D eigenvalue weighted by atomic mass is 10.1. The molecule has 0 aliphatic carbocycles. The average Bonchev–Trinajstić information content (AvgIpc) is 2.96. The third kappa shape index (κ3) is 16.9. The molecule has 1 aliphatic rings. The predicted molar refractivity (Wildman–Crippen MR) is 156 cm³/mol. The number of amides is 6. The highest BCUT2D eigenvalue weighted by atomic mass is 16.5. The van der Waals surface area contributed by atoms with Gasteiger partial charge in [-0.3, -0.25) is 28.8 Å². The van der Waals surface area contributed by atoms with E-state index in [0.717, 1.165) is 0 Å². The molecule has 1 fully saturated rings. The van der Waals surface area contributed by atoms with E-state index in [1.807, 2.05) is 0 Å². The molecule has 14 N–H and O–H groups in total. The Labute approximate surface area is 250 Å². The van der Waals surface area contributed by atoms with Crippen LogP contribution in [0.2, 0.25) is 0 Å². The van der Waals surface area contributed by atoms with Crippen LogP contribution < -0.4 is 54.8 Å². The number of carbonyl (C=O) groups is 6. The summed E-state index contributed by atoms with van der Waals surface area (Å²) in [5, 5.41) is 15.2. The highest BCUT2D eigenvalue weighted by Crippen LogP contribution is 2.06. The van der Waals surface area contributed by atoms with Gasteiger partial charge in [0.25, 0.3) is 0 Å². The van der Waals surface area contributed by atoms with E-state index in [1.54, 1.807) is 0 Å². The van der Waals surface area contributed by atoms with Crippen molar-refractivity contribution in [3.63, 3.8) is 0 Å². The van der Waals surface area contributed by atoms with E-state index in [0.29, 0.717) is 45.2 Å². The summed E-state index contributed by atoms with van der Waals surface area (Å²) < 4.78 is 5.44. The van der Waals surface area contributed by atoms with Crippen molar-refractivity contribution in [2.45, 2.75) is 69.5 Å². The number of nitrogens with two attached hydrogens (primary N) is 4. The minimum Gasteiger partial charge on any atom is -0.370 e. The maximum absolute atomic E-state index is 13.2. The summed E-state index contributed by atoms with van der Waals surface area (Å²) in [7, 11) is 0. The number of guanidine groups is 1. The number of nitrogens with one attached hydrogen (secondary N) is 6. The van der Waals surface area contributed by atoms with Crippen molar-refractivity contribution < 1.29 is 33.5 Å². The lowest BCUT2D eigenvalue weighted by Gasteiger charge is -2.23. The van der Waals surface area contributed by atoms with Crippen LogP contribution in [0.25, 0.3) is 0 Å². The van der Waals surface area contributed by atoms with E-state index in [1.165, 1.54) is 0 Å².